The van der Waals surface area contributed by atoms with Crippen LogP contribution in [0.3, 0.4) is 0 Å². The molecule has 0 bridgehead atoms. The van der Waals surface area contributed by atoms with Gasteiger partial charge in [0, 0.05) is 0 Å². The lowest BCUT2D eigenvalue weighted by Gasteiger charge is -2.07. The lowest BCUT2D eigenvalue weighted by molar-refractivity contribution is 0.551. The van der Waals surface area contributed by atoms with Gasteiger partial charge in [-0.25, -0.2) is 0 Å². The molecule has 0 radical (unpaired) electrons. The zero-order valence-electron chi connectivity index (χ0n) is 7.35. The quantitative estimate of drug-likeness (QED) is 0.579. The fraction of sp³-hybridized carbons (Fsp3) is 0.778. The molecule has 0 rings (SSSR count). The summed E-state index contributed by atoms with van der Waals surface area (Å²) in [5.41, 5.74) is 0. The molecule has 0 amide bonds. The van der Waals surface area contributed by atoms with Gasteiger partial charge in [-0.2, -0.15) is 0 Å². The van der Waals surface area contributed by atoms with E-state index < -0.39 is 0 Å². The first-order valence-corrected chi connectivity index (χ1v) is 4.12. The second-order valence-corrected chi connectivity index (χ2v) is 2.59. The van der Waals surface area contributed by atoms with E-state index >= 15 is 0 Å². The van der Waals surface area contributed by atoms with Gasteiger partial charge < -0.3 is 5.32 Å². The molecule has 0 aliphatic rings. The number of rotatable bonds is 5. The average Bonchev–Trinajstić information content (AvgIpc) is 1.98. The highest BCUT2D eigenvalue weighted by Crippen LogP contribution is 2.08. The summed E-state index contributed by atoms with van der Waals surface area (Å²) >= 11 is 0. The smallest absolute Gasteiger partial charge is 0.00463 e. The minimum absolute atomic E-state index is 0.775. The van der Waals surface area contributed by atoms with Gasteiger partial charge in [-0.1, -0.05) is 19.1 Å². The van der Waals surface area contributed by atoms with Gasteiger partial charge in [-0.05, 0) is 39.3 Å². The molecular formula is C9H19N. The van der Waals surface area contributed by atoms with E-state index in [1.54, 1.807) is 0 Å². The third-order valence-electron chi connectivity index (χ3n) is 1.75. The minimum Gasteiger partial charge on any atom is -0.320 e. The number of hydrogen-bond acceptors (Lipinski definition) is 1. The molecule has 0 aromatic carbocycles. The third-order valence-corrected chi connectivity index (χ3v) is 1.75. The maximum Gasteiger partial charge on any atom is -0.00463 e. The van der Waals surface area contributed by atoms with Crippen molar-refractivity contribution in [2.45, 2.75) is 26.7 Å². The Morgan fingerprint density at radius 1 is 1.50 bits per heavy atom. The molecule has 0 spiro atoms. The lowest BCUT2D eigenvalue weighted by atomic mass is 10.0. The van der Waals surface area contributed by atoms with Gasteiger partial charge in [0.2, 0.25) is 0 Å². The van der Waals surface area contributed by atoms with Gasteiger partial charge in [-0.3, -0.25) is 0 Å². The van der Waals surface area contributed by atoms with Crippen LogP contribution in [0.1, 0.15) is 26.7 Å². The Labute approximate surface area is 64.5 Å². The first-order chi connectivity index (χ1) is 4.85. The van der Waals surface area contributed by atoms with Gasteiger partial charge in [0.1, 0.15) is 0 Å². The van der Waals surface area contributed by atoms with Crippen molar-refractivity contribution < 1.29 is 0 Å². The van der Waals surface area contributed by atoms with Gasteiger partial charge in [0.05, 0.1) is 0 Å². The van der Waals surface area contributed by atoms with Crippen LogP contribution in [0, 0.1) is 5.92 Å². The van der Waals surface area contributed by atoms with Crippen molar-refractivity contribution in [2.75, 3.05) is 13.6 Å². The summed E-state index contributed by atoms with van der Waals surface area (Å²) in [7, 11) is 2.00. The van der Waals surface area contributed by atoms with Crippen molar-refractivity contribution in [1.29, 1.82) is 0 Å². The van der Waals surface area contributed by atoms with E-state index in [2.05, 4.69) is 31.3 Å². The number of hydrogen-bond donors (Lipinski definition) is 1. The summed E-state index contributed by atoms with van der Waals surface area (Å²) < 4.78 is 0. The highest BCUT2D eigenvalue weighted by Gasteiger charge is 1.98. The molecule has 0 aromatic rings. The van der Waals surface area contributed by atoms with Crippen molar-refractivity contribution in [2.24, 2.45) is 5.92 Å². The molecule has 0 aromatic heterocycles. The highest BCUT2D eigenvalue weighted by molar-refractivity contribution is 4.84. The predicted octanol–water partition coefficient (Wildman–Crippen LogP) is 2.20. The summed E-state index contributed by atoms with van der Waals surface area (Å²) in [5, 5.41) is 3.16. The van der Waals surface area contributed by atoms with E-state index in [0.717, 1.165) is 12.5 Å². The molecule has 1 heteroatoms. The monoisotopic (exact) mass is 141 g/mol. The first-order valence-electron chi connectivity index (χ1n) is 4.12. The maximum absolute atomic E-state index is 3.16. The summed E-state index contributed by atoms with van der Waals surface area (Å²) in [6.45, 7) is 5.45. The van der Waals surface area contributed by atoms with Gasteiger partial charge in [0.15, 0.2) is 0 Å². The minimum atomic E-state index is 0.775. The van der Waals surface area contributed by atoms with Crippen LogP contribution in [0.5, 0.6) is 0 Å². The Bertz CT molecular complexity index is 86.7. The van der Waals surface area contributed by atoms with Crippen LogP contribution in [-0.4, -0.2) is 13.6 Å². The van der Waals surface area contributed by atoms with Crippen LogP contribution in [0.15, 0.2) is 12.2 Å². The molecule has 10 heavy (non-hydrogen) atoms. The van der Waals surface area contributed by atoms with Crippen LogP contribution < -0.4 is 5.32 Å². The van der Waals surface area contributed by atoms with E-state index in [4.69, 9.17) is 0 Å². The highest BCUT2D eigenvalue weighted by atomic mass is 14.8. The second kappa shape index (κ2) is 6.81. The number of allylic oxidation sites excluding steroid dienone is 2. The second-order valence-electron chi connectivity index (χ2n) is 2.59. The van der Waals surface area contributed by atoms with E-state index in [1.807, 2.05) is 7.05 Å². The van der Waals surface area contributed by atoms with E-state index in [1.165, 1.54) is 12.8 Å². The van der Waals surface area contributed by atoms with Gasteiger partial charge in [0.25, 0.3) is 0 Å². The molecule has 0 aliphatic heterocycles. The van der Waals surface area contributed by atoms with Crippen LogP contribution in [0.2, 0.25) is 0 Å². The Hall–Kier alpha value is -0.300. The lowest BCUT2D eigenvalue weighted by Crippen LogP contribution is -2.11. The van der Waals surface area contributed by atoms with Crippen LogP contribution in [-0.2, 0) is 0 Å². The average molecular weight is 141 g/mol. The summed E-state index contributed by atoms with van der Waals surface area (Å²) in [4.78, 5) is 0. The van der Waals surface area contributed by atoms with Crippen molar-refractivity contribution >= 4 is 0 Å². The number of nitrogens with one attached hydrogen (secondary N) is 1. The fourth-order valence-corrected chi connectivity index (χ4v) is 1.04. The van der Waals surface area contributed by atoms with Crippen molar-refractivity contribution in [1.82, 2.24) is 5.32 Å². The van der Waals surface area contributed by atoms with Crippen molar-refractivity contribution in [3.05, 3.63) is 12.2 Å². The Morgan fingerprint density at radius 2 is 2.20 bits per heavy atom. The Kier molecular flexibility index (Phi) is 6.61. The van der Waals surface area contributed by atoms with E-state index in [-0.39, 0.29) is 0 Å². The predicted molar refractivity (Wildman–Crippen MR) is 47.1 cm³/mol. The summed E-state index contributed by atoms with van der Waals surface area (Å²) in [6, 6.07) is 0. The topological polar surface area (TPSA) is 12.0 Å². The molecule has 1 nitrogen and oxygen atoms in total. The van der Waals surface area contributed by atoms with E-state index in [9.17, 15) is 0 Å². The summed E-state index contributed by atoms with van der Waals surface area (Å²) in [5.74, 6) is 0.775. The van der Waals surface area contributed by atoms with E-state index in [0.29, 0.717) is 0 Å². The largest absolute Gasteiger partial charge is 0.320 e. The molecule has 0 saturated carbocycles. The Morgan fingerprint density at radius 3 is 2.60 bits per heavy atom. The molecule has 0 heterocycles. The fourth-order valence-electron chi connectivity index (χ4n) is 1.04. The van der Waals surface area contributed by atoms with Crippen molar-refractivity contribution in [3.63, 3.8) is 0 Å². The summed E-state index contributed by atoms with van der Waals surface area (Å²) in [6.07, 6.45) is 6.95. The SMILES string of the molecule is C/C=C\C(CC)CCNC. The van der Waals surface area contributed by atoms with Crippen LogP contribution in [0.4, 0.5) is 0 Å². The van der Waals surface area contributed by atoms with Crippen molar-refractivity contribution in [3.8, 4) is 0 Å². The Balaban J connectivity index is 3.39. The molecule has 1 atom stereocenters. The molecule has 1 unspecified atom stereocenters. The molecule has 0 aliphatic carbocycles. The van der Waals surface area contributed by atoms with Crippen LogP contribution >= 0.6 is 0 Å². The molecule has 0 saturated heterocycles. The van der Waals surface area contributed by atoms with Crippen LogP contribution in [0.25, 0.3) is 0 Å². The standard InChI is InChI=1S/C9H19N/c1-4-6-9(5-2)7-8-10-3/h4,6,9-10H,5,7-8H2,1-3H3/b6-4-. The molecule has 0 fully saturated rings. The normalized spacial score (nSPS) is 14.3. The van der Waals surface area contributed by atoms with Gasteiger partial charge in [-0.15, -0.1) is 0 Å². The molecule has 1 N–H and O–H groups in total. The molecular weight excluding hydrogens is 122 g/mol. The van der Waals surface area contributed by atoms with Gasteiger partial charge >= 0.3 is 0 Å². The maximum atomic E-state index is 3.16. The first kappa shape index (κ1) is 9.70. The zero-order chi connectivity index (χ0) is 7.82. The molecule has 60 valence electrons. The zero-order valence-corrected chi connectivity index (χ0v) is 7.35. The third kappa shape index (κ3) is 4.57.